The van der Waals surface area contributed by atoms with E-state index in [0.717, 1.165) is 9.79 Å². The number of hydrogen-bond acceptors (Lipinski definition) is 5. The van der Waals surface area contributed by atoms with Crippen LogP contribution in [0.5, 0.6) is 0 Å². The summed E-state index contributed by atoms with van der Waals surface area (Å²) in [6.45, 7) is 11.1. The zero-order valence-electron chi connectivity index (χ0n) is 25.9. The first-order valence-corrected chi connectivity index (χ1v) is 17.7. The van der Waals surface area contributed by atoms with E-state index in [1.807, 2.05) is 0 Å². The second-order valence-corrected chi connectivity index (χ2v) is 13.4. The molecular formula is C34H53NO4S2. The van der Waals surface area contributed by atoms with E-state index in [-0.39, 0.29) is 11.1 Å². The Balaban J connectivity index is 0.000000410. The SMILES string of the molecule is CCCCCCCCCC[N+](C)(CCC)CCCCCC.O=C([O-])c1ccc(SSc2ccc(C(=O)O)cc2)cc1. The first-order valence-electron chi connectivity index (χ1n) is 15.6. The molecule has 0 spiro atoms. The fourth-order valence-electron chi connectivity index (χ4n) is 4.82. The van der Waals surface area contributed by atoms with Gasteiger partial charge in [0.1, 0.15) is 0 Å². The summed E-state index contributed by atoms with van der Waals surface area (Å²) < 4.78 is 1.33. The van der Waals surface area contributed by atoms with Gasteiger partial charge in [0.05, 0.1) is 38.2 Å². The molecule has 0 fully saturated rings. The highest BCUT2D eigenvalue weighted by Gasteiger charge is 2.19. The summed E-state index contributed by atoms with van der Waals surface area (Å²) in [6.07, 6.45) is 18.5. The number of carboxylic acid groups (broad SMARTS) is 2. The Morgan fingerprint density at radius 2 is 1.00 bits per heavy atom. The van der Waals surface area contributed by atoms with E-state index in [0.29, 0.717) is 0 Å². The minimum absolute atomic E-state index is 0.144. The summed E-state index contributed by atoms with van der Waals surface area (Å²) in [6, 6.07) is 12.9. The van der Waals surface area contributed by atoms with E-state index >= 15 is 0 Å². The van der Waals surface area contributed by atoms with Crippen molar-refractivity contribution in [3.05, 3.63) is 59.7 Å². The molecule has 0 heterocycles. The summed E-state index contributed by atoms with van der Waals surface area (Å²) in [5.74, 6) is -2.15. The highest BCUT2D eigenvalue weighted by molar-refractivity contribution is 8.76. The van der Waals surface area contributed by atoms with Crippen molar-refractivity contribution < 1.29 is 24.3 Å². The molecule has 0 aliphatic rings. The minimum Gasteiger partial charge on any atom is -0.545 e. The van der Waals surface area contributed by atoms with Crippen LogP contribution in [0.15, 0.2) is 58.3 Å². The van der Waals surface area contributed by atoms with Crippen LogP contribution in [0.3, 0.4) is 0 Å². The van der Waals surface area contributed by atoms with Gasteiger partial charge >= 0.3 is 5.97 Å². The predicted octanol–water partition coefficient (Wildman–Crippen LogP) is 9.11. The fraction of sp³-hybridized carbons (Fsp3) is 0.588. The number of carboxylic acids is 2. The van der Waals surface area contributed by atoms with E-state index in [1.165, 1.54) is 141 Å². The number of quaternary nitrogens is 1. The van der Waals surface area contributed by atoms with E-state index < -0.39 is 11.9 Å². The van der Waals surface area contributed by atoms with E-state index in [2.05, 4.69) is 27.8 Å². The van der Waals surface area contributed by atoms with Crippen LogP contribution in [0.4, 0.5) is 0 Å². The molecule has 2 rings (SSSR count). The smallest absolute Gasteiger partial charge is 0.335 e. The van der Waals surface area contributed by atoms with Gasteiger partial charge in [-0.05, 0) is 74.1 Å². The summed E-state index contributed by atoms with van der Waals surface area (Å²) in [5, 5.41) is 19.4. The maximum atomic E-state index is 10.7. The number of rotatable bonds is 21. The molecule has 1 N–H and O–H groups in total. The van der Waals surface area contributed by atoms with Crippen LogP contribution in [-0.4, -0.2) is 48.2 Å². The molecule has 230 valence electrons. The molecule has 0 aromatic heterocycles. The first kappa shape index (κ1) is 37.1. The van der Waals surface area contributed by atoms with E-state index in [1.54, 1.807) is 36.4 Å². The predicted molar refractivity (Wildman–Crippen MR) is 174 cm³/mol. The molecule has 1 unspecified atom stereocenters. The maximum absolute atomic E-state index is 10.7. The van der Waals surface area contributed by atoms with Crippen LogP contribution in [-0.2, 0) is 0 Å². The first-order chi connectivity index (χ1) is 19.7. The molecule has 0 aliphatic carbocycles. The molecule has 0 saturated carbocycles. The Bertz CT molecular complexity index is 908. The fourth-order valence-corrected chi connectivity index (χ4v) is 6.75. The molecule has 41 heavy (non-hydrogen) atoms. The summed E-state index contributed by atoms with van der Waals surface area (Å²) in [5.41, 5.74) is 0.392. The molecule has 0 aliphatic heterocycles. The highest BCUT2D eigenvalue weighted by atomic mass is 33.1. The third kappa shape index (κ3) is 17.6. The largest absolute Gasteiger partial charge is 0.545 e. The lowest BCUT2D eigenvalue weighted by Crippen LogP contribution is -2.46. The Labute approximate surface area is 257 Å². The zero-order chi connectivity index (χ0) is 30.3. The molecule has 0 bridgehead atoms. The Kier molecular flexibility index (Phi) is 20.4. The van der Waals surface area contributed by atoms with Gasteiger partial charge in [-0.2, -0.15) is 0 Å². The van der Waals surface area contributed by atoms with Crippen LogP contribution in [0.25, 0.3) is 0 Å². The van der Waals surface area contributed by atoms with Gasteiger partial charge in [-0.15, -0.1) is 0 Å². The lowest BCUT2D eigenvalue weighted by molar-refractivity contribution is -0.910. The van der Waals surface area contributed by atoms with Crippen molar-refractivity contribution in [3.63, 3.8) is 0 Å². The normalized spacial score (nSPS) is 12.3. The lowest BCUT2D eigenvalue weighted by Gasteiger charge is -2.34. The monoisotopic (exact) mass is 603 g/mol. The number of benzene rings is 2. The molecule has 2 aromatic rings. The second kappa shape index (κ2) is 22.6. The third-order valence-electron chi connectivity index (χ3n) is 7.29. The lowest BCUT2D eigenvalue weighted by atomic mass is 10.1. The molecule has 0 amide bonds. The highest BCUT2D eigenvalue weighted by Crippen LogP contribution is 2.37. The molecular weight excluding hydrogens is 551 g/mol. The second-order valence-electron chi connectivity index (χ2n) is 11.1. The summed E-state index contributed by atoms with van der Waals surface area (Å²) in [7, 11) is 5.43. The van der Waals surface area contributed by atoms with E-state index in [9.17, 15) is 14.7 Å². The number of hydrogen-bond donors (Lipinski definition) is 1. The molecule has 0 saturated heterocycles. The van der Waals surface area contributed by atoms with Gasteiger partial charge in [-0.1, -0.05) is 106 Å². The van der Waals surface area contributed by atoms with Crippen molar-refractivity contribution in [3.8, 4) is 0 Å². The van der Waals surface area contributed by atoms with Gasteiger partial charge in [-0.3, -0.25) is 0 Å². The van der Waals surface area contributed by atoms with Gasteiger partial charge in [0.25, 0.3) is 0 Å². The molecule has 5 nitrogen and oxygen atoms in total. The van der Waals surface area contributed by atoms with Crippen molar-refractivity contribution in [2.24, 2.45) is 0 Å². The Hall–Kier alpha value is -1.96. The summed E-state index contributed by atoms with van der Waals surface area (Å²) in [4.78, 5) is 23.1. The van der Waals surface area contributed by atoms with Gasteiger partial charge in [0.15, 0.2) is 0 Å². The van der Waals surface area contributed by atoms with Crippen LogP contribution in [0, 0.1) is 0 Å². The Morgan fingerprint density at radius 3 is 1.39 bits per heavy atom. The minimum atomic E-state index is -1.20. The van der Waals surface area contributed by atoms with Crippen LogP contribution >= 0.6 is 21.6 Å². The van der Waals surface area contributed by atoms with Crippen molar-refractivity contribution in [1.82, 2.24) is 0 Å². The Morgan fingerprint density at radius 1 is 0.610 bits per heavy atom. The zero-order valence-corrected chi connectivity index (χ0v) is 27.5. The number of carbonyl (C=O) groups excluding carboxylic acids is 1. The van der Waals surface area contributed by atoms with Gasteiger partial charge < -0.3 is 19.5 Å². The van der Waals surface area contributed by atoms with Crippen molar-refractivity contribution in [1.29, 1.82) is 0 Å². The topological polar surface area (TPSA) is 77.4 Å². The number of carbonyl (C=O) groups is 2. The molecule has 7 heteroatoms. The standard InChI is InChI=1S/C20H44N.C14H10O4S2/c1-5-8-10-12-13-14-15-17-20-21(4,18-7-3)19-16-11-9-6-2;15-13(16)9-1-5-11(6-2-9)19-20-12-7-3-10(4-8-12)14(17)18/h5-20H2,1-4H3;1-8H,(H,15,16)(H,17,18)/q+1;/p-1. The van der Waals surface area contributed by atoms with Crippen molar-refractivity contribution >= 4 is 33.5 Å². The number of nitrogens with zero attached hydrogens (tertiary/aromatic N) is 1. The molecule has 1 atom stereocenters. The maximum Gasteiger partial charge on any atom is 0.335 e. The van der Waals surface area contributed by atoms with Gasteiger partial charge in [0, 0.05) is 9.79 Å². The van der Waals surface area contributed by atoms with Crippen LogP contribution in [0.1, 0.15) is 125 Å². The number of aromatic carboxylic acids is 2. The van der Waals surface area contributed by atoms with Crippen LogP contribution in [0.2, 0.25) is 0 Å². The van der Waals surface area contributed by atoms with Crippen molar-refractivity contribution in [2.45, 2.75) is 114 Å². The molecule has 0 radical (unpaired) electrons. The summed E-state index contributed by atoms with van der Waals surface area (Å²) >= 11 is 0. The van der Waals surface area contributed by atoms with Gasteiger partial charge in [-0.25, -0.2) is 4.79 Å². The number of unbranched alkanes of at least 4 members (excludes halogenated alkanes) is 10. The average molecular weight is 604 g/mol. The van der Waals surface area contributed by atoms with Crippen LogP contribution < -0.4 is 5.11 Å². The van der Waals surface area contributed by atoms with Gasteiger partial charge in [0.2, 0.25) is 0 Å². The quantitative estimate of drug-likeness (QED) is 0.0871. The average Bonchev–Trinajstić information content (AvgIpc) is 2.96. The third-order valence-corrected chi connectivity index (χ3v) is 9.71. The molecule has 2 aromatic carbocycles. The van der Waals surface area contributed by atoms with Crippen molar-refractivity contribution in [2.75, 3.05) is 26.7 Å². The van der Waals surface area contributed by atoms with E-state index in [4.69, 9.17) is 5.11 Å².